The second-order valence-electron chi connectivity index (χ2n) is 2.95. The zero-order chi connectivity index (χ0) is 11.3. The minimum absolute atomic E-state index is 0.350. The van der Waals surface area contributed by atoms with Crippen LogP contribution in [0.3, 0.4) is 0 Å². The zero-order valence-corrected chi connectivity index (χ0v) is 9.41. The molecule has 3 nitrogen and oxygen atoms in total. The van der Waals surface area contributed by atoms with Crippen LogP contribution in [0.4, 0.5) is 0 Å². The standard InChI is InChI=1S/C11H12O3S/c1-8(13-9(2)15)14-11(12)10-6-4-3-5-7-10/h3-8H,1-2H3/t8-/m1/s1. The van der Waals surface area contributed by atoms with Crippen LogP contribution in [0, 0.1) is 0 Å². The molecule has 0 aliphatic rings. The van der Waals surface area contributed by atoms with Crippen LogP contribution in [-0.4, -0.2) is 17.3 Å². The van der Waals surface area contributed by atoms with Gasteiger partial charge in [-0.15, -0.1) is 0 Å². The summed E-state index contributed by atoms with van der Waals surface area (Å²) >= 11 is 4.73. The van der Waals surface area contributed by atoms with Crippen molar-refractivity contribution in [1.29, 1.82) is 0 Å². The molecule has 0 bridgehead atoms. The molecule has 0 spiro atoms. The van der Waals surface area contributed by atoms with Crippen molar-refractivity contribution < 1.29 is 14.3 Å². The van der Waals surface area contributed by atoms with Crippen molar-refractivity contribution >= 4 is 23.2 Å². The normalized spacial score (nSPS) is 11.6. The summed E-state index contributed by atoms with van der Waals surface area (Å²) in [6.45, 7) is 3.25. The Morgan fingerprint density at radius 2 is 1.87 bits per heavy atom. The van der Waals surface area contributed by atoms with Crippen molar-refractivity contribution in [3.8, 4) is 0 Å². The Morgan fingerprint density at radius 3 is 2.40 bits per heavy atom. The molecule has 0 aromatic heterocycles. The van der Waals surface area contributed by atoms with Crippen molar-refractivity contribution in [2.24, 2.45) is 0 Å². The zero-order valence-electron chi connectivity index (χ0n) is 8.60. The van der Waals surface area contributed by atoms with E-state index >= 15 is 0 Å². The Kier molecular flexibility index (Phi) is 4.24. The lowest BCUT2D eigenvalue weighted by molar-refractivity contribution is -0.0425. The van der Waals surface area contributed by atoms with Gasteiger partial charge in [0.25, 0.3) is 0 Å². The molecule has 4 heteroatoms. The smallest absolute Gasteiger partial charge is 0.341 e. The van der Waals surface area contributed by atoms with Gasteiger partial charge in [-0.25, -0.2) is 4.79 Å². The van der Waals surface area contributed by atoms with Gasteiger partial charge in [-0.3, -0.25) is 0 Å². The monoisotopic (exact) mass is 224 g/mol. The number of benzene rings is 1. The molecule has 1 rings (SSSR count). The number of ether oxygens (including phenoxy) is 2. The minimum Gasteiger partial charge on any atom is -0.449 e. The van der Waals surface area contributed by atoms with E-state index in [1.165, 1.54) is 0 Å². The van der Waals surface area contributed by atoms with Crippen LogP contribution in [-0.2, 0) is 9.47 Å². The van der Waals surface area contributed by atoms with Crippen LogP contribution in [0.1, 0.15) is 24.2 Å². The molecule has 1 aromatic rings. The molecular weight excluding hydrogens is 212 g/mol. The van der Waals surface area contributed by atoms with E-state index in [4.69, 9.17) is 21.7 Å². The summed E-state index contributed by atoms with van der Waals surface area (Å²) in [6.07, 6.45) is -0.657. The van der Waals surface area contributed by atoms with Gasteiger partial charge in [-0.05, 0) is 24.4 Å². The summed E-state index contributed by atoms with van der Waals surface area (Å²) in [5.41, 5.74) is 0.495. The van der Waals surface area contributed by atoms with E-state index in [1.54, 1.807) is 38.1 Å². The largest absolute Gasteiger partial charge is 0.449 e. The number of esters is 1. The summed E-state index contributed by atoms with van der Waals surface area (Å²) in [5, 5.41) is 0.350. The van der Waals surface area contributed by atoms with E-state index in [0.29, 0.717) is 10.6 Å². The van der Waals surface area contributed by atoms with Crippen LogP contribution < -0.4 is 0 Å². The van der Waals surface area contributed by atoms with Crippen LogP contribution in [0.15, 0.2) is 30.3 Å². The fourth-order valence-electron chi connectivity index (χ4n) is 1.05. The Balaban J connectivity index is 2.53. The Bertz CT molecular complexity index is 348. The van der Waals surface area contributed by atoms with Gasteiger partial charge in [0.15, 0.2) is 5.05 Å². The maximum absolute atomic E-state index is 11.5. The van der Waals surface area contributed by atoms with E-state index in [1.807, 2.05) is 6.07 Å². The molecule has 15 heavy (non-hydrogen) atoms. The highest BCUT2D eigenvalue weighted by Gasteiger charge is 2.11. The highest BCUT2D eigenvalue weighted by atomic mass is 32.1. The number of rotatable bonds is 3. The van der Waals surface area contributed by atoms with Gasteiger partial charge in [0, 0.05) is 13.8 Å². The molecule has 0 radical (unpaired) electrons. The summed E-state index contributed by atoms with van der Waals surface area (Å²) in [4.78, 5) is 11.5. The molecular formula is C11H12O3S. The van der Waals surface area contributed by atoms with E-state index in [2.05, 4.69) is 0 Å². The molecule has 0 unspecified atom stereocenters. The summed E-state index contributed by atoms with van der Waals surface area (Å²) in [6, 6.07) is 8.73. The second-order valence-corrected chi connectivity index (χ2v) is 3.52. The molecule has 0 amide bonds. The SMILES string of the molecule is CC(=S)O[C@@H](C)OC(=O)c1ccccc1. The summed E-state index contributed by atoms with van der Waals surface area (Å²) < 4.78 is 10.0. The highest BCUT2D eigenvalue weighted by Crippen LogP contribution is 2.04. The van der Waals surface area contributed by atoms with Gasteiger partial charge in [-0.1, -0.05) is 18.2 Å². The Morgan fingerprint density at radius 1 is 1.27 bits per heavy atom. The number of hydrogen-bond donors (Lipinski definition) is 0. The van der Waals surface area contributed by atoms with E-state index in [0.717, 1.165) is 0 Å². The molecule has 1 atom stereocenters. The topological polar surface area (TPSA) is 35.5 Å². The van der Waals surface area contributed by atoms with Gasteiger partial charge in [0.05, 0.1) is 5.56 Å². The third-order valence-corrected chi connectivity index (χ3v) is 1.71. The van der Waals surface area contributed by atoms with Crippen LogP contribution in [0.2, 0.25) is 0 Å². The van der Waals surface area contributed by atoms with Gasteiger partial charge in [0.1, 0.15) is 0 Å². The fourth-order valence-corrected chi connectivity index (χ4v) is 1.19. The Labute approximate surface area is 94.0 Å². The lowest BCUT2D eigenvalue weighted by atomic mass is 10.2. The van der Waals surface area contributed by atoms with Crippen molar-refractivity contribution in [3.63, 3.8) is 0 Å². The first-order valence-electron chi connectivity index (χ1n) is 4.53. The molecule has 0 heterocycles. The highest BCUT2D eigenvalue weighted by molar-refractivity contribution is 7.80. The van der Waals surface area contributed by atoms with Crippen LogP contribution in [0.25, 0.3) is 0 Å². The number of carbonyl (C=O) groups excluding carboxylic acids is 1. The first-order valence-corrected chi connectivity index (χ1v) is 4.93. The lowest BCUT2D eigenvalue weighted by Gasteiger charge is -2.13. The maximum Gasteiger partial charge on any atom is 0.341 e. The predicted octanol–water partition coefficient (Wildman–Crippen LogP) is 2.55. The number of thiocarbonyl (C=S) groups is 1. The van der Waals surface area contributed by atoms with Crippen molar-refractivity contribution in [2.45, 2.75) is 20.1 Å². The third kappa shape index (κ3) is 4.08. The van der Waals surface area contributed by atoms with Crippen molar-refractivity contribution in [1.82, 2.24) is 0 Å². The molecule has 0 aliphatic heterocycles. The van der Waals surface area contributed by atoms with Gasteiger partial charge >= 0.3 is 5.97 Å². The molecule has 0 N–H and O–H groups in total. The van der Waals surface area contributed by atoms with E-state index in [9.17, 15) is 4.79 Å². The minimum atomic E-state index is -0.657. The van der Waals surface area contributed by atoms with Gasteiger partial charge in [-0.2, -0.15) is 0 Å². The summed E-state index contributed by atoms with van der Waals surface area (Å²) in [7, 11) is 0. The van der Waals surface area contributed by atoms with E-state index < -0.39 is 12.3 Å². The number of hydrogen-bond acceptors (Lipinski definition) is 4. The van der Waals surface area contributed by atoms with Crippen LogP contribution >= 0.6 is 12.2 Å². The summed E-state index contributed by atoms with van der Waals surface area (Å²) in [5.74, 6) is -0.417. The van der Waals surface area contributed by atoms with E-state index in [-0.39, 0.29) is 0 Å². The van der Waals surface area contributed by atoms with Crippen LogP contribution in [0.5, 0.6) is 0 Å². The average Bonchev–Trinajstić information content (AvgIpc) is 2.17. The van der Waals surface area contributed by atoms with Gasteiger partial charge < -0.3 is 9.47 Å². The molecule has 0 fully saturated rings. The Hall–Kier alpha value is -1.42. The molecule has 80 valence electrons. The maximum atomic E-state index is 11.5. The molecule has 0 aliphatic carbocycles. The lowest BCUT2D eigenvalue weighted by Crippen LogP contribution is -2.19. The first-order chi connectivity index (χ1) is 7.09. The van der Waals surface area contributed by atoms with Crippen molar-refractivity contribution in [3.05, 3.63) is 35.9 Å². The van der Waals surface area contributed by atoms with Crippen molar-refractivity contribution in [2.75, 3.05) is 0 Å². The quantitative estimate of drug-likeness (QED) is 0.449. The fraction of sp³-hybridized carbons (Fsp3) is 0.273. The molecule has 0 saturated heterocycles. The number of carbonyl (C=O) groups is 1. The second kappa shape index (κ2) is 5.46. The average molecular weight is 224 g/mol. The first kappa shape index (κ1) is 11.7. The molecule has 0 saturated carbocycles. The van der Waals surface area contributed by atoms with Gasteiger partial charge in [0.2, 0.25) is 6.29 Å². The predicted molar refractivity (Wildman–Crippen MR) is 60.7 cm³/mol. The molecule has 1 aromatic carbocycles. The third-order valence-electron chi connectivity index (χ3n) is 1.61.